The number of likely N-dealkylation sites (N-methyl/N-ethyl adjacent to an activating group) is 1. The van der Waals surface area contributed by atoms with Crippen molar-refractivity contribution in [2.75, 3.05) is 13.7 Å². The van der Waals surface area contributed by atoms with Crippen molar-refractivity contribution in [3.8, 4) is 0 Å². The van der Waals surface area contributed by atoms with Crippen molar-refractivity contribution in [1.29, 1.82) is 0 Å². The van der Waals surface area contributed by atoms with Crippen LogP contribution in [0.25, 0.3) is 0 Å². The molecule has 2 atom stereocenters. The molecule has 0 bridgehead atoms. The molecule has 0 heterocycles. The summed E-state index contributed by atoms with van der Waals surface area (Å²) in [5, 5.41) is 11.6. The van der Waals surface area contributed by atoms with Gasteiger partial charge in [-0.15, -0.1) is 0 Å². The lowest BCUT2D eigenvalue weighted by Gasteiger charge is -2.32. The summed E-state index contributed by atoms with van der Waals surface area (Å²) >= 11 is 0. The fraction of sp³-hybridized carbons (Fsp3) is 1.00. The third-order valence-electron chi connectivity index (χ3n) is 2.65. The highest BCUT2D eigenvalue weighted by molar-refractivity contribution is 4.85. The van der Waals surface area contributed by atoms with E-state index in [9.17, 15) is 26.3 Å². The van der Waals surface area contributed by atoms with Gasteiger partial charge in [0.25, 0.3) is 0 Å². The Morgan fingerprint density at radius 1 is 1.11 bits per heavy atom. The van der Waals surface area contributed by atoms with Crippen LogP contribution < -0.4 is 5.32 Å². The van der Waals surface area contributed by atoms with Gasteiger partial charge in [-0.25, -0.2) is 0 Å². The molecule has 0 saturated carbocycles. The molecule has 0 aromatic rings. The molecule has 116 valence electrons. The maximum absolute atomic E-state index is 12.3. The number of alkyl halides is 6. The van der Waals surface area contributed by atoms with Crippen molar-refractivity contribution < 1.29 is 36.2 Å². The predicted molar refractivity (Wildman–Crippen MR) is 55.6 cm³/mol. The van der Waals surface area contributed by atoms with E-state index < -0.39 is 36.7 Å². The minimum absolute atomic E-state index is 0.206. The molecule has 0 aliphatic heterocycles. The molecule has 0 aliphatic carbocycles. The van der Waals surface area contributed by atoms with Gasteiger partial charge >= 0.3 is 12.4 Å². The van der Waals surface area contributed by atoms with E-state index in [1.807, 2.05) is 0 Å². The van der Waals surface area contributed by atoms with Crippen molar-refractivity contribution in [3.05, 3.63) is 0 Å². The predicted octanol–water partition coefficient (Wildman–Crippen LogP) is 2.25. The van der Waals surface area contributed by atoms with Crippen LogP contribution in [0.15, 0.2) is 0 Å². The van der Waals surface area contributed by atoms with Crippen molar-refractivity contribution in [3.63, 3.8) is 0 Å². The summed E-state index contributed by atoms with van der Waals surface area (Å²) in [5.41, 5.74) is -1.01. The van der Waals surface area contributed by atoms with Gasteiger partial charge in [0, 0.05) is 5.54 Å². The van der Waals surface area contributed by atoms with Crippen molar-refractivity contribution in [2.24, 2.45) is 0 Å². The number of aliphatic hydroxyl groups excluding tert-OH is 1. The first-order valence-corrected chi connectivity index (χ1v) is 5.44. The number of ether oxygens (including phenoxy) is 1. The van der Waals surface area contributed by atoms with Crippen molar-refractivity contribution in [2.45, 2.75) is 50.4 Å². The fourth-order valence-electron chi connectivity index (χ4n) is 1.50. The quantitative estimate of drug-likeness (QED) is 0.739. The third kappa shape index (κ3) is 5.96. The van der Waals surface area contributed by atoms with E-state index in [-0.39, 0.29) is 6.42 Å². The molecule has 3 nitrogen and oxygen atoms in total. The van der Waals surface area contributed by atoms with E-state index >= 15 is 0 Å². The Labute approximate surface area is 106 Å². The average Bonchev–Trinajstić information content (AvgIpc) is 2.22. The Hall–Kier alpha value is -0.540. The largest absolute Gasteiger partial charge is 0.423 e. The normalized spacial score (nSPS) is 18.5. The molecule has 0 spiro atoms. The number of aliphatic hydroxyl groups is 1. The number of nitrogens with one attached hydrogen (secondary N) is 1. The molecule has 0 saturated heterocycles. The van der Waals surface area contributed by atoms with Gasteiger partial charge < -0.3 is 15.2 Å². The molecular formula is C10H17F6NO2. The summed E-state index contributed by atoms with van der Waals surface area (Å²) in [6.45, 7) is 2.11. The van der Waals surface area contributed by atoms with Crippen LogP contribution in [0.3, 0.4) is 0 Å². The first kappa shape index (κ1) is 18.5. The van der Waals surface area contributed by atoms with E-state index in [1.165, 1.54) is 14.0 Å². The van der Waals surface area contributed by atoms with Gasteiger partial charge in [-0.3, -0.25) is 0 Å². The van der Waals surface area contributed by atoms with E-state index in [0.29, 0.717) is 0 Å². The molecule has 0 radical (unpaired) electrons. The van der Waals surface area contributed by atoms with E-state index in [0.717, 1.165) is 6.92 Å². The summed E-state index contributed by atoms with van der Waals surface area (Å²) in [7, 11) is 1.44. The van der Waals surface area contributed by atoms with Crippen LogP contribution in [0.4, 0.5) is 26.3 Å². The molecule has 0 aromatic heterocycles. The highest BCUT2D eigenvalue weighted by Crippen LogP contribution is 2.37. The van der Waals surface area contributed by atoms with Crippen LogP contribution in [-0.4, -0.2) is 48.9 Å². The lowest BCUT2D eigenvalue weighted by Crippen LogP contribution is -2.50. The van der Waals surface area contributed by atoms with Gasteiger partial charge in [0.2, 0.25) is 6.10 Å². The lowest BCUT2D eigenvalue weighted by molar-refractivity contribution is -0.330. The standard InChI is InChI=1S/C10H17F6NO2/c1-6(4-8(2,5-18)17-3)19-7(9(11,12)13)10(14,15)16/h6-7,17-18H,4-5H2,1-3H3. The van der Waals surface area contributed by atoms with Crippen LogP contribution in [0, 0.1) is 0 Å². The minimum atomic E-state index is -5.53. The van der Waals surface area contributed by atoms with E-state index in [2.05, 4.69) is 10.1 Å². The summed E-state index contributed by atoms with van der Waals surface area (Å²) in [4.78, 5) is 0. The smallest absolute Gasteiger partial charge is 0.394 e. The van der Waals surface area contributed by atoms with Crippen LogP contribution in [-0.2, 0) is 4.74 Å². The zero-order valence-electron chi connectivity index (χ0n) is 10.7. The van der Waals surface area contributed by atoms with Crippen LogP contribution in [0.2, 0.25) is 0 Å². The Balaban J connectivity index is 4.80. The second-order valence-corrected chi connectivity index (χ2v) is 4.58. The monoisotopic (exact) mass is 297 g/mol. The second kappa shape index (κ2) is 6.27. The van der Waals surface area contributed by atoms with Gasteiger partial charge in [0.05, 0.1) is 12.7 Å². The first-order valence-electron chi connectivity index (χ1n) is 5.44. The number of hydrogen-bond acceptors (Lipinski definition) is 3. The van der Waals surface area contributed by atoms with Crippen LogP contribution in [0.1, 0.15) is 20.3 Å². The summed E-state index contributed by atoms with van der Waals surface area (Å²) in [6.07, 6.45) is -16.4. The third-order valence-corrected chi connectivity index (χ3v) is 2.65. The van der Waals surface area contributed by atoms with Crippen LogP contribution >= 0.6 is 0 Å². The van der Waals surface area contributed by atoms with Crippen molar-refractivity contribution >= 4 is 0 Å². The average molecular weight is 297 g/mol. The molecule has 2 N–H and O–H groups in total. The minimum Gasteiger partial charge on any atom is -0.394 e. The first-order chi connectivity index (χ1) is 8.35. The van der Waals surface area contributed by atoms with E-state index in [4.69, 9.17) is 5.11 Å². The molecule has 19 heavy (non-hydrogen) atoms. The highest BCUT2D eigenvalue weighted by atomic mass is 19.4. The molecule has 9 heteroatoms. The summed E-state index contributed by atoms with van der Waals surface area (Å²) in [6, 6.07) is 0. The van der Waals surface area contributed by atoms with Gasteiger partial charge in [-0.2, -0.15) is 26.3 Å². The summed E-state index contributed by atoms with van der Waals surface area (Å²) in [5.74, 6) is 0. The molecular weight excluding hydrogens is 280 g/mol. The molecule has 0 aliphatic rings. The van der Waals surface area contributed by atoms with Gasteiger partial charge in [-0.05, 0) is 27.3 Å². The van der Waals surface area contributed by atoms with Gasteiger partial charge in [0.1, 0.15) is 0 Å². The molecule has 2 unspecified atom stereocenters. The van der Waals surface area contributed by atoms with Gasteiger partial charge in [0.15, 0.2) is 0 Å². The summed E-state index contributed by atoms with van der Waals surface area (Å²) < 4.78 is 77.7. The van der Waals surface area contributed by atoms with Crippen LogP contribution in [0.5, 0.6) is 0 Å². The lowest BCUT2D eigenvalue weighted by atomic mass is 9.96. The fourth-order valence-corrected chi connectivity index (χ4v) is 1.50. The van der Waals surface area contributed by atoms with Crippen molar-refractivity contribution in [1.82, 2.24) is 5.32 Å². The number of rotatable bonds is 6. The molecule has 0 rings (SSSR count). The Bertz CT molecular complexity index is 260. The molecule has 0 aromatic carbocycles. The highest BCUT2D eigenvalue weighted by Gasteiger charge is 2.58. The van der Waals surface area contributed by atoms with E-state index in [1.54, 1.807) is 0 Å². The Kier molecular flexibility index (Phi) is 6.10. The topological polar surface area (TPSA) is 41.5 Å². The second-order valence-electron chi connectivity index (χ2n) is 4.58. The molecule has 0 amide bonds. The maximum atomic E-state index is 12.3. The SMILES string of the molecule is CNC(C)(CO)CC(C)OC(C(F)(F)F)C(F)(F)F. The Morgan fingerprint density at radius 3 is 1.79 bits per heavy atom. The maximum Gasteiger partial charge on any atom is 0.423 e. The zero-order valence-corrected chi connectivity index (χ0v) is 10.7. The van der Waals surface area contributed by atoms with Gasteiger partial charge in [-0.1, -0.05) is 0 Å². The number of hydrogen-bond donors (Lipinski definition) is 2. The number of halogens is 6. The Morgan fingerprint density at radius 2 is 1.53 bits per heavy atom. The zero-order chi connectivity index (χ0) is 15.5. The molecule has 0 fully saturated rings.